The molecular formula is C14H27N3O2. The Labute approximate surface area is 115 Å². The molecule has 0 aliphatic heterocycles. The zero-order chi connectivity index (χ0) is 14.3. The molecule has 0 bridgehead atoms. The summed E-state index contributed by atoms with van der Waals surface area (Å²) in [5.41, 5.74) is 5.41. The molecule has 0 radical (unpaired) electrons. The Hall–Kier alpha value is -1.10. The van der Waals surface area contributed by atoms with Crippen LogP contribution in [-0.4, -0.2) is 48.5 Å². The van der Waals surface area contributed by atoms with E-state index >= 15 is 0 Å². The van der Waals surface area contributed by atoms with Crippen molar-refractivity contribution in [3.8, 4) is 0 Å². The fourth-order valence-electron chi connectivity index (χ4n) is 2.46. The lowest BCUT2D eigenvalue weighted by Crippen LogP contribution is -2.40. The first kappa shape index (κ1) is 16.0. The van der Waals surface area contributed by atoms with Gasteiger partial charge in [0.1, 0.15) is 0 Å². The molecule has 1 fully saturated rings. The van der Waals surface area contributed by atoms with Crippen LogP contribution in [0.1, 0.15) is 39.0 Å². The lowest BCUT2D eigenvalue weighted by molar-refractivity contribution is -0.142. The van der Waals surface area contributed by atoms with Crippen molar-refractivity contribution in [2.75, 3.05) is 20.1 Å². The SMILES string of the molecule is CC1CC(N(C)/C=N\CCC(CCCN)C(=O)O)C1. The van der Waals surface area contributed by atoms with Crippen LogP contribution < -0.4 is 5.73 Å². The number of hydrogen-bond donors (Lipinski definition) is 2. The van der Waals surface area contributed by atoms with Crippen molar-refractivity contribution in [2.45, 2.75) is 45.1 Å². The molecule has 5 heteroatoms. The van der Waals surface area contributed by atoms with Crippen molar-refractivity contribution in [3.05, 3.63) is 0 Å². The van der Waals surface area contributed by atoms with E-state index in [0.29, 0.717) is 32.0 Å². The second-order valence-electron chi connectivity index (χ2n) is 5.67. The first-order valence-electron chi connectivity index (χ1n) is 7.19. The molecule has 5 nitrogen and oxygen atoms in total. The first-order valence-corrected chi connectivity index (χ1v) is 7.19. The number of carbonyl (C=O) groups is 1. The smallest absolute Gasteiger partial charge is 0.306 e. The minimum atomic E-state index is -0.732. The van der Waals surface area contributed by atoms with Gasteiger partial charge in [0.2, 0.25) is 0 Å². The van der Waals surface area contributed by atoms with Crippen molar-refractivity contribution in [1.82, 2.24) is 4.90 Å². The van der Waals surface area contributed by atoms with Crippen LogP contribution in [0.4, 0.5) is 0 Å². The molecule has 0 amide bonds. The predicted molar refractivity (Wildman–Crippen MR) is 77.3 cm³/mol. The van der Waals surface area contributed by atoms with Crippen molar-refractivity contribution in [2.24, 2.45) is 22.6 Å². The fourth-order valence-corrected chi connectivity index (χ4v) is 2.46. The van der Waals surface area contributed by atoms with Gasteiger partial charge >= 0.3 is 5.97 Å². The predicted octanol–water partition coefficient (Wildman–Crippen LogP) is 1.57. The molecule has 1 atom stereocenters. The summed E-state index contributed by atoms with van der Waals surface area (Å²) in [5, 5.41) is 9.07. The third-order valence-electron chi connectivity index (χ3n) is 3.90. The highest BCUT2D eigenvalue weighted by Gasteiger charge is 2.27. The van der Waals surface area contributed by atoms with Gasteiger partial charge in [-0.25, -0.2) is 0 Å². The van der Waals surface area contributed by atoms with E-state index in [1.807, 2.05) is 13.4 Å². The highest BCUT2D eigenvalue weighted by molar-refractivity contribution is 5.69. The normalized spacial score (nSPS) is 24.2. The number of carboxylic acids is 1. The summed E-state index contributed by atoms with van der Waals surface area (Å²) in [6, 6.07) is 0.617. The summed E-state index contributed by atoms with van der Waals surface area (Å²) in [6.45, 7) is 3.39. The highest BCUT2D eigenvalue weighted by Crippen LogP contribution is 2.29. The Morgan fingerprint density at radius 3 is 2.74 bits per heavy atom. The average Bonchev–Trinajstić information content (AvgIpc) is 2.33. The van der Waals surface area contributed by atoms with E-state index in [9.17, 15) is 4.79 Å². The maximum absolute atomic E-state index is 11.0. The van der Waals surface area contributed by atoms with Gasteiger partial charge in [-0.1, -0.05) is 6.92 Å². The Bertz CT molecular complexity index is 301. The number of aliphatic imine (C=N–C) groups is 1. The number of carboxylic acid groups (broad SMARTS) is 1. The zero-order valence-electron chi connectivity index (χ0n) is 12.1. The monoisotopic (exact) mass is 269 g/mol. The van der Waals surface area contributed by atoms with Crippen LogP contribution in [-0.2, 0) is 4.79 Å². The van der Waals surface area contributed by atoms with Gasteiger partial charge in [-0.15, -0.1) is 0 Å². The summed E-state index contributed by atoms with van der Waals surface area (Å²) in [5.74, 6) is -0.215. The topological polar surface area (TPSA) is 78.9 Å². The molecule has 1 rings (SSSR count). The van der Waals surface area contributed by atoms with E-state index in [-0.39, 0.29) is 5.92 Å². The van der Waals surface area contributed by atoms with Gasteiger partial charge < -0.3 is 15.7 Å². The quantitative estimate of drug-likeness (QED) is 0.492. The highest BCUT2D eigenvalue weighted by atomic mass is 16.4. The first-order chi connectivity index (χ1) is 9.04. The van der Waals surface area contributed by atoms with Gasteiger partial charge in [-0.2, -0.15) is 0 Å². The maximum Gasteiger partial charge on any atom is 0.306 e. The standard InChI is InChI=1S/C14H27N3O2/c1-11-8-13(9-11)17(2)10-16-7-5-12(14(18)19)4-3-6-15/h10-13H,3-9,15H2,1-2H3,(H,18,19)/b16-10-. The maximum atomic E-state index is 11.0. The zero-order valence-corrected chi connectivity index (χ0v) is 12.1. The minimum Gasteiger partial charge on any atom is -0.481 e. The van der Waals surface area contributed by atoms with Crippen molar-refractivity contribution < 1.29 is 9.90 Å². The van der Waals surface area contributed by atoms with E-state index in [1.165, 1.54) is 12.8 Å². The fraction of sp³-hybridized carbons (Fsp3) is 0.857. The Balaban J connectivity index is 2.21. The molecule has 0 aromatic heterocycles. The number of aliphatic carboxylic acids is 1. The van der Waals surface area contributed by atoms with Crippen LogP contribution in [0, 0.1) is 11.8 Å². The molecule has 3 N–H and O–H groups in total. The molecule has 110 valence electrons. The van der Waals surface area contributed by atoms with E-state index in [1.54, 1.807) is 0 Å². The largest absolute Gasteiger partial charge is 0.481 e. The van der Waals surface area contributed by atoms with Gasteiger partial charge in [0.15, 0.2) is 0 Å². The van der Waals surface area contributed by atoms with Gasteiger partial charge in [-0.05, 0) is 44.6 Å². The van der Waals surface area contributed by atoms with E-state index in [0.717, 1.165) is 12.3 Å². The van der Waals surface area contributed by atoms with Gasteiger partial charge in [0.05, 0.1) is 12.3 Å². The van der Waals surface area contributed by atoms with Crippen LogP contribution >= 0.6 is 0 Å². The Kier molecular flexibility index (Phi) is 6.84. The molecule has 0 aromatic rings. The van der Waals surface area contributed by atoms with Crippen LogP contribution in [0.3, 0.4) is 0 Å². The Morgan fingerprint density at radius 1 is 1.53 bits per heavy atom. The number of nitrogens with zero attached hydrogens (tertiary/aromatic N) is 2. The molecule has 0 aromatic carbocycles. The molecular weight excluding hydrogens is 242 g/mol. The number of nitrogens with two attached hydrogens (primary N) is 1. The second kappa shape index (κ2) is 8.15. The Morgan fingerprint density at radius 2 is 2.21 bits per heavy atom. The third kappa shape index (κ3) is 5.59. The van der Waals surface area contributed by atoms with Crippen molar-refractivity contribution in [3.63, 3.8) is 0 Å². The summed E-state index contributed by atoms with van der Waals surface area (Å²) in [4.78, 5) is 17.5. The van der Waals surface area contributed by atoms with E-state index < -0.39 is 5.97 Å². The molecule has 1 aliphatic rings. The lowest BCUT2D eigenvalue weighted by atomic mass is 9.81. The molecule has 1 unspecified atom stereocenters. The van der Waals surface area contributed by atoms with E-state index in [4.69, 9.17) is 10.8 Å². The molecule has 19 heavy (non-hydrogen) atoms. The molecule has 0 heterocycles. The summed E-state index contributed by atoms with van der Waals surface area (Å²) in [6.07, 6.45) is 6.34. The van der Waals surface area contributed by atoms with E-state index in [2.05, 4.69) is 16.8 Å². The summed E-state index contributed by atoms with van der Waals surface area (Å²) >= 11 is 0. The summed E-state index contributed by atoms with van der Waals surface area (Å²) in [7, 11) is 2.04. The van der Waals surface area contributed by atoms with Gasteiger partial charge in [-0.3, -0.25) is 9.79 Å². The molecule has 0 spiro atoms. The van der Waals surface area contributed by atoms with Crippen molar-refractivity contribution in [1.29, 1.82) is 0 Å². The molecule has 0 saturated heterocycles. The van der Waals surface area contributed by atoms with Gasteiger partial charge in [0.25, 0.3) is 0 Å². The van der Waals surface area contributed by atoms with Crippen molar-refractivity contribution >= 4 is 12.3 Å². The molecule has 1 aliphatic carbocycles. The minimum absolute atomic E-state index is 0.310. The lowest BCUT2D eigenvalue weighted by Gasteiger charge is -2.38. The number of hydrogen-bond acceptors (Lipinski definition) is 3. The van der Waals surface area contributed by atoms with Crippen LogP contribution in [0.5, 0.6) is 0 Å². The number of rotatable bonds is 9. The van der Waals surface area contributed by atoms with Crippen LogP contribution in [0.15, 0.2) is 4.99 Å². The average molecular weight is 269 g/mol. The summed E-state index contributed by atoms with van der Waals surface area (Å²) < 4.78 is 0. The second-order valence-corrected chi connectivity index (χ2v) is 5.67. The van der Waals surface area contributed by atoms with Gasteiger partial charge in [0, 0.05) is 19.6 Å². The third-order valence-corrected chi connectivity index (χ3v) is 3.90. The van der Waals surface area contributed by atoms with Crippen LogP contribution in [0.25, 0.3) is 0 Å². The van der Waals surface area contributed by atoms with Crippen LogP contribution in [0.2, 0.25) is 0 Å². The molecule has 1 saturated carbocycles.